The fourth-order valence-electron chi connectivity index (χ4n) is 1.93. The Morgan fingerprint density at radius 2 is 1.75 bits per heavy atom. The minimum Gasteiger partial charge on any atom is -0.369 e. The summed E-state index contributed by atoms with van der Waals surface area (Å²) in [5, 5.41) is 0. The number of nitrogens with zero attached hydrogens (tertiary/aromatic N) is 3. The van der Waals surface area contributed by atoms with Crippen LogP contribution in [0.1, 0.15) is 32.2 Å². The third kappa shape index (κ3) is 4.76. The Hall–Kier alpha value is -2.48. The Kier molecular flexibility index (Phi) is 5.18. The summed E-state index contributed by atoms with van der Waals surface area (Å²) in [6.07, 6.45) is 3.16. The van der Waals surface area contributed by atoms with E-state index in [4.69, 9.17) is 5.73 Å². The lowest BCUT2D eigenvalue weighted by atomic mass is 9.87. The number of nitrogens with one attached hydrogen (secondary N) is 1. The molecule has 128 valence electrons. The molecular formula is C16H21N5O2S. The van der Waals surface area contributed by atoms with E-state index in [1.165, 1.54) is 0 Å². The summed E-state index contributed by atoms with van der Waals surface area (Å²) >= 11 is 0. The molecule has 3 N–H and O–H groups in total. The molecular weight excluding hydrogens is 326 g/mol. The number of benzene rings is 1. The van der Waals surface area contributed by atoms with Gasteiger partial charge in [0.05, 0.1) is 4.90 Å². The molecule has 0 aliphatic rings. The summed E-state index contributed by atoms with van der Waals surface area (Å²) in [7, 11) is -3.77. The van der Waals surface area contributed by atoms with Crippen LogP contribution in [0.25, 0.3) is 0 Å². The molecule has 7 nitrogen and oxygen atoms in total. The Labute approximate surface area is 142 Å². The summed E-state index contributed by atoms with van der Waals surface area (Å²) < 4.78 is 26.9. The fraction of sp³-hybridized carbons (Fsp3) is 0.312. The summed E-state index contributed by atoms with van der Waals surface area (Å²) in [6.45, 7) is 6.28. The van der Waals surface area contributed by atoms with Crippen molar-refractivity contribution in [1.29, 1.82) is 0 Å². The van der Waals surface area contributed by atoms with Gasteiger partial charge >= 0.3 is 0 Å². The number of aliphatic imine (C=N–C) groups is 1. The highest BCUT2D eigenvalue weighted by molar-refractivity contribution is 7.90. The molecule has 0 bridgehead atoms. The summed E-state index contributed by atoms with van der Waals surface area (Å²) in [5.41, 5.74) is 6.64. The van der Waals surface area contributed by atoms with Crippen LogP contribution < -0.4 is 10.5 Å². The quantitative estimate of drug-likeness (QED) is 0.644. The second-order valence-electron chi connectivity index (χ2n) is 6.25. The number of aromatic nitrogens is 2. The largest absolute Gasteiger partial charge is 0.369 e. The Balaban J connectivity index is 2.10. The smallest absolute Gasteiger partial charge is 0.264 e. The zero-order valence-electron chi connectivity index (χ0n) is 13.9. The van der Waals surface area contributed by atoms with Crippen LogP contribution in [-0.4, -0.2) is 24.3 Å². The predicted molar refractivity (Wildman–Crippen MR) is 92.8 cm³/mol. The van der Waals surface area contributed by atoms with Crippen molar-refractivity contribution in [1.82, 2.24) is 14.7 Å². The number of sulfonamides is 1. The Morgan fingerprint density at radius 3 is 2.29 bits per heavy atom. The third-order valence-electron chi connectivity index (χ3n) is 3.28. The second-order valence-corrected chi connectivity index (χ2v) is 7.93. The van der Waals surface area contributed by atoms with Gasteiger partial charge in [0.2, 0.25) is 5.96 Å². The first-order valence-electron chi connectivity index (χ1n) is 7.38. The van der Waals surface area contributed by atoms with Crippen LogP contribution in [0.15, 0.2) is 52.6 Å². The molecule has 0 saturated heterocycles. The monoisotopic (exact) mass is 347 g/mol. The van der Waals surface area contributed by atoms with Gasteiger partial charge in [0, 0.05) is 12.4 Å². The van der Waals surface area contributed by atoms with Crippen molar-refractivity contribution in [3.63, 3.8) is 0 Å². The molecule has 1 heterocycles. The van der Waals surface area contributed by atoms with E-state index in [1.54, 1.807) is 42.7 Å². The molecule has 0 aliphatic carbocycles. The molecule has 2 rings (SSSR count). The number of hydrogen-bond donors (Lipinski definition) is 2. The summed E-state index contributed by atoms with van der Waals surface area (Å²) in [6, 6.07) is 8.37. The van der Waals surface area contributed by atoms with Gasteiger partial charge in [-0.1, -0.05) is 32.9 Å². The molecule has 24 heavy (non-hydrogen) atoms. The average Bonchev–Trinajstić information content (AvgIpc) is 2.53. The van der Waals surface area contributed by atoms with E-state index >= 15 is 0 Å². The molecule has 0 radical (unpaired) electrons. The van der Waals surface area contributed by atoms with E-state index in [2.05, 4.69) is 40.5 Å². The van der Waals surface area contributed by atoms with Crippen molar-refractivity contribution in [3.05, 3.63) is 54.1 Å². The standard InChI is InChI=1S/C16H21N5O2S/c1-16(2,3)12-5-7-13(8-6-12)24(22,23)21-15(17)20-11-14-18-9-4-10-19-14/h4-10H,11H2,1-3H3,(H3,17,20,21). The van der Waals surface area contributed by atoms with Crippen molar-refractivity contribution in [2.75, 3.05) is 0 Å². The molecule has 0 saturated carbocycles. The maximum atomic E-state index is 12.3. The molecule has 8 heteroatoms. The first-order chi connectivity index (χ1) is 11.2. The maximum Gasteiger partial charge on any atom is 0.264 e. The minimum absolute atomic E-state index is 0.0497. The van der Waals surface area contributed by atoms with E-state index in [9.17, 15) is 8.42 Å². The van der Waals surface area contributed by atoms with Gasteiger partial charge in [-0.15, -0.1) is 0 Å². The van der Waals surface area contributed by atoms with Crippen molar-refractivity contribution >= 4 is 16.0 Å². The minimum atomic E-state index is -3.77. The average molecular weight is 347 g/mol. The predicted octanol–water partition coefficient (Wildman–Crippen LogP) is 1.57. The van der Waals surface area contributed by atoms with Crippen LogP contribution in [0.4, 0.5) is 0 Å². The van der Waals surface area contributed by atoms with Crippen LogP contribution in [-0.2, 0) is 22.0 Å². The highest BCUT2D eigenvalue weighted by Gasteiger charge is 2.18. The molecule has 0 fully saturated rings. The lowest BCUT2D eigenvalue weighted by Gasteiger charge is -2.19. The third-order valence-corrected chi connectivity index (χ3v) is 4.65. The topological polar surface area (TPSA) is 110 Å². The normalized spacial score (nSPS) is 12.9. The van der Waals surface area contributed by atoms with Crippen LogP contribution in [0.3, 0.4) is 0 Å². The zero-order chi connectivity index (χ0) is 17.8. The molecule has 0 unspecified atom stereocenters. The van der Waals surface area contributed by atoms with Gasteiger partial charge in [0.1, 0.15) is 12.4 Å². The van der Waals surface area contributed by atoms with Gasteiger partial charge in [-0.2, -0.15) is 0 Å². The van der Waals surface area contributed by atoms with Gasteiger partial charge < -0.3 is 5.73 Å². The highest BCUT2D eigenvalue weighted by atomic mass is 32.2. The van der Waals surface area contributed by atoms with E-state index in [-0.39, 0.29) is 22.8 Å². The van der Waals surface area contributed by atoms with Crippen molar-refractivity contribution in [2.24, 2.45) is 10.7 Å². The van der Waals surface area contributed by atoms with E-state index < -0.39 is 10.0 Å². The van der Waals surface area contributed by atoms with Gasteiger partial charge in [0.25, 0.3) is 10.0 Å². The van der Waals surface area contributed by atoms with Gasteiger partial charge in [0.15, 0.2) is 0 Å². The van der Waals surface area contributed by atoms with Crippen LogP contribution >= 0.6 is 0 Å². The molecule has 2 aromatic rings. The molecule has 0 aliphatic heterocycles. The van der Waals surface area contributed by atoms with E-state index in [0.29, 0.717) is 5.82 Å². The Morgan fingerprint density at radius 1 is 1.17 bits per heavy atom. The number of guanidine groups is 1. The molecule has 0 amide bonds. The van der Waals surface area contributed by atoms with E-state index in [0.717, 1.165) is 5.56 Å². The van der Waals surface area contributed by atoms with Crippen LogP contribution in [0, 0.1) is 0 Å². The second kappa shape index (κ2) is 6.96. The van der Waals surface area contributed by atoms with Crippen molar-refractivity contribution < 1.29 is 8.42 Å². The maximum absolute atomic E-state index is 12.3. The van der Waals surface area contributed by atoms with E-state index in [1.807, 2.05) is 0 Å². The Bertz CT molecular complexity index is 810. The SMILES string of the molecule is CC(C)(C)c1ccc(S(=O)(=O)NC(N)=NCc2ncccn2)cc1. The molecule has 1 aromatic heterocycles. The van der Waals surface area contributed by atoms with Crippen LogP contribution in [0.5, 0.6) is 0 Å². The first kappa shape index (κ1) is 17.9. The van der Waals surface area contributed by atoms with Gasteiger partial charge in [-0.25, -0.2) is 28.1 Å². The van der Waals surface area contributed by atoms with Gasteiger partial charge in [-0.3, -0.25) is 0 Å². The lowest BCUT2D eigenvalue weighted by molar-refractivity contribution is 0.585. The van der Waals surface area contributed by atoms with Crippen molar-refractivity contribution in [3.8, 4) is 0 Å². The first-order valence-corrected chi connectivity index (χ1v) is 8.86. The fourth-order valence-corrected chi connectivity index (χ4v) is 2.88. The molecule has 1 aromatic carbocycles. The zero-order valence-corrected chi connectivity index (χ0v) is 14.7. The summed E-state index contributed by atoms with van der Waals surface area (Å²) in [4.78, 5) is 12.0. The van der Waals surface area contributed by atoms with Gasteiger partial charge in [-0.05, 0) is 29.2 Å². The highest BCUT2D eigenvalue weighted by Crippen LogP contribution is 2.23. The molecule has 0 spiro atoms. The summed E-state index contributed by atoms with van der Waals surface area (Å²) in [5.74, 6) is 0.247. The number of rotatable bonds is 4. The van der Waals surface area contributed by atoms with Crippen molar-refractivity contribution in [2.45, 2.75) is 37.6 Å². The number of hydrogen-bond acceptors (Lipinski definition) is 5. The molecule has 0 atom stereocenters. The lowest BCUT2D eigenvalue weighted by Crippen LogP contribution is -2.36. The van der Waals surface area contributed by atoms with Crippen LogP contribution in [0.2, 0.25) is 0 Å². The number of nitrogens with two attached hydrogens (primary N) is 1.